The second-order valence-corrected chi connectivity index (χ2v) is 4.77. The van der Waals surface area contributed by atoms with Crippen molar-refractivity contribution in [2.45, 2.75) is 25.4 Å². The van der Waals surface area contributed by atoms with Crippen LogP contribution in [0.5, 0.6) is 5.75 Å². The Balaban J connectivity index is 2.07. The predicted molar refractivity (Wildman–Crippen MR) is 70.0 cm³/mol. The number of ether oxygens (including phenoxy) is 2. The summed E-state index contributed by atoms with van der Waals surface area (Å²) < 4.78 is 25.0. The molecule has 2 aromatic heterocycles. The summed E-state index contributed by atoms with van der Waals surface area (Å²) >= 11 is 0. The quantitative estimate of drug-likeness (QED) is 0.806. The van der Waals surface area contributed by atoms with Crippen molar-refractivity contribution in [2.24, 2.45) is 0 Å². The largest absolute Gasteiger partial charge is 0.493 e. The molecule has 0 N–H and O–H groups in total. The zero-order valence-corrected chi connectivity index (χ0v) is 11.3. The van der Waals surface area contributed by atoms with Crippen LogP contribution in [0.2, 0.25) is 0 Å². The topological polar surface area (TPSA) is 52.8 Å². The summed E-state index contributed by atoms with van der Waals surface area (Å²) in [4.78, 5) is 16.1. The lowest BCUT2D eigenvalue weighted by atomic mass is 10.2. The van der Waals surface area contributed by atoms with Crippen LogP contribution < -0.4 is 4.74 Å². The number of nitrogens with zero attached hydrogens (tertiary/aromatic N) is 2. The molecule has 0 spiro atoms. The van der Waals surface area contributed by atoms with Gasteiger partial charge in [0.05, 0.1) is 19.4 Å². The first kappa shape index (κ1) is 12.9. The van der Waals surface area contributed by atoms with Crippen LogP contribution in [0, 0.1) is 0 Å². The first-order chi connectivity index (χ1) is 9.63. The van der Waals surface area contributed by atoms with E-state index in [1.165, 1.54) is 7.11 Å². The summed E-state index contributed by atoms with van der Waals surface area (Å²) in [5, 5.41) is 0. The van der Waals surface area contributed by atoms with Crippen molar-refractivity contribution in [3.05, 3.63) is 29.7 Å². The lowest BCUT2D eigenvalue weighted by Crippen LogP contribution is -2.07. The van der Waals surface area contributed by atoms with E-state index < -0.39 is 12.1 Å². The van der Waals surface area contributed by atoms with Gasteiger partial charge in [-0.1, -0.05) is 0 Å². The van der Waals surface area contributed by atoms with Gasteiger partial charge in [-0.15, -0.1) is 0 Å². The molecule has 20 heavy (non-hydrogen) atoms. The zero-order valence-electron chi connectivity index (χ0n) is 11.3. The second-order valence-electron chi connectivity index (χ2n) is 4.77. The number of carbonyl (C=O) groups is 1. The van der Waals surface area contributed by atoms with Crippen molar-refractivity contribution in [1.82, 2.24) is 9.38 Å². The molecule has 0 unspecified atom stereocenters. The van der Waals surface area contributed by atoms with Gasteiger partial charge in [-0.05, 0) is 13.3 Å². The van der Waals surface area contributed by atoms with E-state index in [-0.39, 0.29) is 5.92 Å². The van der Waals surface area contributed by atoms with Gasteiger partial charge in [0.2, 0.25) is 0 Å². The fourth-order valence-corrected chi connectivity index (χ4v) is 2.22. The molecule has 106 valence electrons. The lowest BCUT2D eigenvalue weighted by Gasteiger charge is -2.09. The molecule has 0 aromatic carbocycles. The molecule has 0 aliphatic heterocycles. The van der Waals surface area contributed by atoms with E-state index in [2.05, 4.69) is 4.98 Å². The maximum Gasteiger partial charge on any atom is 0.343 e. The summed E-state index contributed by atoms with van der Waals surface area (Å²) in [7, 11) is 1.32. The van der Waals surface area contributed by atoms with Gasteiger partial charge in [-0.2, -0.15) is 0 Å². The number of methoxy groups -OCH3 is 1. The predicted octanol–water partition coefficient (Wildman–Crippen LogP) is 2.35. The molecule has 5 nitrogen and oxygen atoms in total. The average Bonchev–Trinajstić information content (AvgIpc) is 3.02. The highest BCUT2D eigenvalue weighted by atomic mass is 19.1. The van der Waals surface area contributed by atoms with Gasteiger partial charge < -0.3 is 13.9 Å². The molecule has 1 saturated carbocycles. The molecule has 0 bridgehead atoms. The van der Waals surface area contributed by atoms with Gasteiger partial charge in [0.15, 0.2) is 0 Å². The van der Waals surface area contributed by atoms with Crippen molar-refractivity contribution in [3.63, 3.8) is 0 Å². The van der Waals surface area contributed by atoms with Crippen molar-refractivity contribution in [2.75, 3.05) is 13.7 Å². The van der Waals surface area contributed by atoms with Crippen LogP contribution in [0.15, 0.2) is 18.5 Å². The molecule has 0 amide bonds. The number of carbonyl (C=O) groups excluding carboxylic acids is 1. The second kappa shape index (κ2) is 4.77. The number of esters is 1. The van der Waals surface area contributed by atoms with Gasteiger partial charge in [0.25, 0.3) is 0 Å². The van der Waals surface area contributed by atoms with Crippen LogP contribution in [0.4, 0.5) is 4.39 Å². The minimum Gasteiger partial charge on any atom is -0.493 e. The van der Waals surface area contributed by atoms with E-state index in [4.69, 9.17) is 9.47 Å². The number of hydrogen-bond acceptors (Lipinski definition) is 4. The van der Waals surface area contributed by atoms with Crippen LogP contribution in [0.3, 0.4) is 0 Å². The molecular formula is C14H15FN2O3. The van der Waals surface area contributed by atoms with Gasteiger partial charge in [-0.25, -0.2) is 14.2 Å². The molecular weight excluding hydrogens is 263 g/mol. The summed E-state index contributed by atoms with van der Waals surface area (Å²) in [6.07, 6.45) is 3.08. The monoisotopic (exact) mass is 278 g/mol. The standard InChI is InChI=1S/C14H15FN2O3/c1-3-20-12-5-13-16-11(8-4-10(8)15)7-17(13)6-9(12)14(18)19-2/h5-8,10H,3-4H2,1-2H3/t8-,10-/m1/s1. The van der Waals surface area contributed by atoms with Crippen LogP contribution >= 0.6 is 0 Å². The van der Waals surface area contributed by atoms with E-state index >= 15 is 0 Å². The van der Waals surface area contributed by atoms with Gasteiger partial charge >= 0.3 is 5.97 Å². The number of fused-ring (bicyclic) bond motifs is 1. The highest BCUT2D eigenvalue weighted by Gasteiger charge is 2.40. The zero-order chi connectivity index (χ0) is 14.3. The first-order valence-electron chi connectivity index (χ1n) is 6.52. The van der Waals surface area contributed by atoms with Crippen molar-refractivity contribution in [1.29, 1.82) is 0 Å². The Bertz CT molecular complexity index is 668. The highest BCUT2D eigenvalue weighted by molar-refractivity contribution is 5.92. The van der Waals surface area contributed by atoms with Crippen molar-refractivity contribution < 1.29 is 18.7 Å². The Morgan fingerprint density at radius 3 is 2.90 bits per heavy atom. The summed E-state index contributed by atoms with van der Waals surface area (Å²) in [5.74, 6) is -0.163. The third-order valence-electron chi connectivity index (χ3n) is 3.37. The van der Waals surface area contributed by atoms with Gasteiger partial charge in [0.1, 0.15) is 23.1 Å². The van der Waals surface area contributed by atoms with Crippen molar-refractivity contribution >= 4 is 11.6 Å². The number of alkyl halides is 1. The third-order valence-corrected chi connectivity index (χ3v) is 3.37. The summed E-state index contributed by atoms with van der Waals surface area (Å²) in [6, 6.07) is 1.68. The molecule has 2 heterocycles. The van der Waals surface area contributed by atoms with Gasteiger partial charge in [0, 0.05) is 24.4 Å². The molecule has 0 saturated heterocycles. The Kier molecular flexibility index (Phi) is 3.08. The number of hydrogen-bond donors (Lipinski definition) is 0. The molecule has 0 radical (unpaired) electrons. The van der Waals surface area contributed by atoms with Crippen LogP contribution in [-0.4, -0.2) is 35.2 Å². The Morgan fingerprint density at radius 2 is 2.30 bits per heavy atom. The molecule has 2 aromatic rings. The summed E-state index contributed by atoms with van der Waals surface area (Å²) in [5.41, 5.74) is 1.68. The molecule has 2 atom stereocenters. The number of halogens is 1. The molecule has 1 aliphatic rings. The van der Waals surface area contributed by atoms with E-state index in [1.54, 1.807) is 22.9 Å². The number of aromatic nitrogens is 2. The van der Waals surface area contributed by atoms with Gasteiger partial charge in [-0.3, -0.25) is 0 Å². The normalized spacial score (nSPS) is 20.9. The van der Waals surface area contributed by atoms with Crippen LogP contribution in [-0.2, 0) is 4.74 Å². The first-order valence-corrected chi connectivity index (χ1v) is 6.52. The number of rotatable bonds is 4. The van der Waals surface area contributed by atoms with Crippen LogP contribution in [0.1, 0.15) is 35.3 Å². The Labute approximate surface area is 115 Å². The molecule has 1 aliphatic carbocycles. The highest BCUT2D eigenvalue weighted by Crippen LogP contribution is 2.43. The number of pyridine rings is 1. The minimum absolute atomic E-state index is 0.118. The SMILES string of the molecule is CCOc1cc2nc([C@@H]3C[C@H]3F)cn2cc1C(=O)OC. The van der Waals surface area contributed by atoms with E-state index in [1.807, 2.05) is 6.92 Å². The Morgan fingerprint density at radius 1 is 1.55 bits per heavy atom. The van der Waals surface area contributed by atoms with E-state index in [9.17, 15) is 9.18 Å². The third kappa shape index (κ3) is 2.11. The summed E-state index contributed by atoms with van der Waals surface area (Å²) in [6.45, 7) is 2.27. The fourth-order valence-electron chi connectivity index (χ4n) is 2.22. The van der Waals surface area contributed by atoms with E-state index in [0.29, 0.717) is 35.7 Å². The minimum atomic E-state index is -0.800. The molecule has 3 rings (SSSR count). The Hall–Kier alpha value is -2.11. The average molecular weight is 278 g/mol. The maximum atomic E-state index is 13.1. The maximum absolute atomic E-state index is 13.1. The molecule has 6 heteroatoms. The van der Waals surface area contributed by atoms with Crippen molar-refractivity contribution in [3.8, 4) is 5.75 Å². The fraction of sp³-hybridized carbons (Fsp3) is 0.429. The smallest absolute Gasteiger partial charge is 0.343 e. The number of imidazole rings is 1. The molecule has 1 fully saturated rings. The van der Waals surface area contributed by atoms with E-state index in [0.717, 1.165) is 0 Å². The lowest BCUT2D eigenvalue weighted by molar-refractivity contribution is 0.0595. The van der Waals surface area contributed by atoms with Crippen LogP contribution in [0.25, 0.3) is 5.65 Å².